The lowest BCUT2D eigenvalue weighted by Gasteiger charge is -2.22. The molecular weight excluding hydrogens is 258 g/mol. The van der Waals surface area contributed by atoms with Crippen molar-refractivity contribution in [3.05, 3.63) is 23.2 Å². The van der Waals surface area contributed by atoms with Crippen LogP contribution in [0.2, 0.25) is 5.15 Å². The summed E-state index contributed by atoms with van der Waals surface area (Å²) in [5.41, 5.74) is 0.153. The van der Waals surface area contributed by atoms with E-state index in [2.05, 4.69) is 9.97 Å². The van der Waals surface area contributed by atoms with E-state index in [1.165, 1.54) is 17.3 Å². The Morgan fingerprint density at radius 1 is 1.50 bits per heavy atom. The van der Waals surface area contributed by atoms with E-state index >= 15 is 0 Å². The third-order valence-electron chi connectivity index (χ3n) is 2.87. The smallest absolute Gasteiger partial charge is 0.305 e. The summed E-state index contributed by atoms with van der Waals surface area (Å²) in [6.45, 7) is 0.547. The monoisotopic (exact) mass is 269 g/mol. The van der Waals surface area contributed by atoms with E-state index in [9.17, 15) is 9.59 Å². The second-order valence-corrected chi connectivity index (χ2v) is 4.51. The first kappa shape index (κ1) is 12.8. The molecule has 96 valence electrons. The van der Waals surface area contributed by atoms with Crippen molar-refractivity contribution in [2.24, 2.45) is 0 Å². The summed E-state index contributed by atoms with van der Waals surface area (Å²) in [5.74, 6) is -1.22. The van der Waals surface area contributed by atoms with E-state index in [1.807, 2.05) is 0 Å². The normalized spacial score (nSPS) is 18.9. The van der Waals surface area contributed by atoms with Gasteiger partial charge < -0.3 is 10.0 Å². The van der Waals surface area contributed by atoms with Crippen LogP contribution < -0.4 is 0 Å². The second-order valence-electron chi connectivity index (χ2n) is 4.12. The Hall–Kier alpha value is -1.69. The maximum absolute atomic E-state index is 12.2. The molecule has 0 saturated carbocycles. The summed E-state index contributed by atoms with van der Waals surface area (Å²) in [6.07, 6.45) is 4.14. The Morgan fingerprint density at radius 3 is 2.94 bits per heavy atom. The molecule has 0 aliphatic carbocycles. The highest BCUT2D eigenvalue weighted by molar-refractivity contribution is 6.29. The topological polar surface area (TPSA) is 83.4 Å². The summed E-state index contributed by atoms with van der Waals surface area (Å²) in [4.78, 5) is 32.1. The zero-order chi connectivity index (χ0) is 13.1. The number of carbonyl (C=O) groups is 2. The number of hydrogen-bond acceptors (Lipinski definition) is 4. The van der Waals surface area contributed by atoms with Crippen molar-refractivity contribution in [3.8, 4) is 0 Å². The lowest BCUT2D eigenvalue weighted by atomic mass is 10.1. The molecule has 2 heterocycles. The number of halogens is 1. The minimum Gasteiger partial charge on any atom is -0.481 e. The lowest BCUT2D eigenvalue weighted by Crippen LogP contribution is -2.37. The van der Waals surface area contributed by atoms with Gasteiger partial charge in [0.1, 0.15) is 10.8 Å². The van der Waals surface area contributed by atoms with E-state index < -0.39 is 5.97 Å². The molecule has 0 bridgehead atoms. The van der Waals surface area contributed by atoms with Crippen LogP contribution in [0.15, 0.2) is 12.4 Å². The summed E-state index contributed by atoms with van der Waals surface area (Å²) in [7, 11) is 0. The molecular formula is C11H12ClN3O3. The van der Waals surface area contributed by atoms with Gasteiger partial charge in [-0.15, -0.1) is 0 Å². The van der Waals surface area contributed by atoms with Crippen molar-refractivity contribution in [3.63, 3.8) is 0 Å². The highest BCUT2D eigenvalue weighted by atomic mass is 35.5. The zero-order valence-corrected chi connectivity index (χ0v) is 10.3. The fourth-order valence-corrected chi connectivity index (χ4v) is 2.26. The molecule has 1 aromatic heterocycles. The first-order chi connectivity index (χ1) is 8.58. The Labute approximate surface area is 109 Å². The first-order valence-corrected chi connectivity index (χ1v) is 5.96. The molecule has 1 atom stereocenters. The quantitative estimate of drug-likeness (QED) is 0.892. The zero-order valence-electron chi connectivity index (χ0n) is 9.54. The number of hydrogen-bond donors (Lipinski definition) is 1. The number of carbonyl (C=O) groups excluding carboxylic acids is 1. The van der Waals surface area contributed by atoms with Gasteiger partial charge in [-0.05, 0) is 12.8 Å². The number of aliphatic carboxylic acids is 1. The highest BCUT2D eigenvalue weighted by Gasteiger charge is 2.31. The minimum absolute atomic E-state index is 0.0419. The average molecular weight is 270 g/mol. The van der Waals surface area contributed by atoms with Gasteiger partial charge in [-0.25, -0.2) is 4.98 Å². The van der Waals surface area contributed by atoms with Gasteiger partial charge in [-0.2, -0.15) is 0 Å². The molecule has 7 heteroatoms. The maximum atomic E-state index is 12.2. The summed E-state index contributed by atoms with van der Waals surface area (Å²) >= 11 is 5.68. The van der Waals surface area contributed by atoms with Gasteiger partial charge in [-0.1, -0.05) is 11.6 Å². The van der Waals surface area contributed by atoms with Crippen molar-refractivity contribution in [1.82, 2.24) is 14.9 Å². The molecule has 6 nitrogen and oxygen atoms in total. The predicted octanol–water partition coefficient (Wildman–Crippen LogP) is 1.21. The van der Waals surface area contributed by atoms with Gasteiger partial charge in [0.2, 0.25) is 0 Å². The van der Waals surface area contributed by atoms with E-state index in [-0.39, 0.29) is 29.2 Å². The van der Waals surface area contributed by atoms with Crippen LogP contribution in [0.5, 0.6) is 0 Å². The van der Waals surface area contributed by atoms with E-state index in [0.29, 0.717) is 13.0 Å². The van der Waals surface area contributed by atoms with Gasteiger partial charge in [-0.3, -0.25) is 14.6 Å². The van der Waals surface area contributed by atoms with Crippen molar-refractivity contribution in [2.45, 2.75) is 25.3 Å². The molecule has 1 fully saturated rings. The molecule has 1 aromatic rings. The summed E-state index contributed by atoms with van der Waals surface area (Å²) in [6, 6.07) is -0.268. The van der Waals surface area contributed by atoms with Gasteiger partial charge in [0.15, 0.2) is 0 Å². The van der Waals surface area contributed by atoms with Gasteiger partial charge >= 0.3 is 5.97 Å². The van der Waals surface area contributed by atoms with Crippen molar-refractivity contribution < 1.29 is 14.7 Å². The average Bonchev–Trinajstić information content (AvgIpc) is 2.75. The number of likely N-dealkylation sites (tertiary alicyclic amines) is 1. The number of carboxylic acid groups (broad SMARTS) is 1. The highest BCUT2D eigenvalue weighted by Crippen LogP contribution is 2.22. The Kier molecular flexibility index (Phi) is 3.76. The second kappa shape index (κ2) is 5.30. The Balaban J connectivity index is 2.15. The Morgan fingerprint density at radius 2 is 2.28 bits per heavy atom. The van der Waals surface area contributed by atoms with E-state index in [0.717, 1.165) is 6.42 Å². The number of rotatable bonds is 3. The van der Waals surface area contributed by atoms with Gasteiger partial charge in [0.05, 0.1) is 18.8 Å². The number of carboxylic acids is 1. The molecule has 0 spiro atoms. The van der Waals surface area contributed by atoms with Crippen LogP contribution in [0, 0.1) is 0 Å². The minimum atomic E-state index is -0.906. The van der Waals surface area contributed by atoms with Crippen LogP contribution in [0.3, 0.4) is 0 Å². The molecule has 2 rings (SSSR count). The number of aromatic nitrogens is 2. The standard InChI is InChI=1S/C11H12ClN3O3/c12-9-6-13-5-8(14-9)11(18)15-3-1-2-7(15)4-10(16)17/h5-7H,1-4H2,(H,16,17). The van der Waals surface area contributed by atoms with Crippen molar-refractivity contribution in [1.29, 1.82) is 0 Å². The van der Waals surface area contributed by atoms with Crippen molar-refractivity contribution >= 4 is 23.5 Å². The molecule has 1 unspecified atom stereocenters. The SMILES string of the molecule is O=C(O)CC1CCCN1C(=O)c1cncc(Cl)n1. The van der Waals surface area contributed by atoms with Crippen LogP contribution in [-0.4, -0.2) is 44.4 Å². The number of nitrogens with zero attached hydrogens (tertiary/aromatic N) is 3. The lowest BCUT2D eigenvalue weighted by molar-refractivity contribution is -0.137. The molecule has 0 aromatic carbocycles. The van der Waals surface area contributed by atoms with Crippen LogP contribution in [0.1, 0.15) is 29.8 Å². The Bertz CT molecular complexity index is 480. The molecule has 18 heavy (non-hydrogen) atoms. The van der Waals surface area contributed by atoms with Gasteiger partial charge in [0.25, 0.3) is 5.91 Å². The van der Waals surface area contributed by atoms with Crippen LogP contribution >= 0.6 is 11.6 Å². The van der Waals surface area contributed by atoms with E-state index in [4.69, 9.17) is 16.7 Å². The molecule has 1 amide bonds. The van der Waals surface area contributed by atoms with Crippen LogP contribution in [0.4, 0.5) is 0 Å². The fourth-order valence-electron chi connectivity index (χ4n) is 2.11. The van der Waals surface area contributed by atoms with Crippen molar-refractivity contribution in [2.75, 3.05) is 6.54 Å². The van der Waals surface area contributed by atoms with Gasteiger partial charge in [0, 0.05) is 12.6 Å². The largest absolute Gasteiger partial charge is 0.481 e. The molecule has 1 aliphatic heterocycles. The first-order valence-electron chi connectivity index (χ1n) is 5.58. The maximum Gasteiger partial charge on any atom is 0.305 e. The predicted molar refractivity (Wildman–Crippen MR) is 63.4 cm³/mol. The summed E-state index contributed by atoms with van der Waals surface area (Å²) in [5, 5.41) is 8.95. The van der Waals surface area contributed by atoms with Crippen LogP contribution in [0.25, 0.3) is 0 Å². The molecule has 0 radical (unpaired) electrons. The van der Waals surface area contributed by atoms with Crippen LogP contribution in [-0.2, 0) is 4.79 Å². The third kappa shape index (κ3) is 2.76. The molecule has 1 aliphatic rings. The fraction of sp³-hybridized carbons (Fsp3) is 0.455. The van der Waals surface area contributed by atoms with E-state index in [1.54, 1.807) is 0 Å². The molecule has 1 N–H and O–H groups in total. The number of amides is 1. The molecule has 1 saturated heterocycles. The summed E-state index contributed by atoms with van der Waals surface area (Å²) < 4.78 is 0. The third-order valence-corrected chi connectivity index (χ3v) is 3.05.